The molecule has 2 aromatic rings. The lowest BCUT2D eigenvalue weighted by atomic mass is 10.3. The monoisotopic (exact) mass is 390 g/mol. The van der Waals surface area contributed by atoms with Crippen molar-refractivity contribution in [3.8, 4) is 5.82 Å². The van der Waals surface area contributed by atoms with Gasteiger partial charge in [0.1, 0.15) is 10.9 Å². The van der Waals surface area contributed by atoms with Crippen LogP contribution in [0.1, 0.15) is 0 Å². The molecule has 0 aromatic carbocycles. The Balaban J connectivity index is 2.25. The molecule has 9 nitrogen and oxygen atoms in total. The fourth-order valence-electron chi connectivity index (χ4n) is 1.58. The predicted molar refractivity (Wildman–Crippen MR) is 76.4 cm³/mol. The molecule has 0 saturated heterocycles. The van der Waals surface area contributed by atoms with Crippen molar-refractivity contribution in [3.05, 3.63) is 45.5 Å². The van der Waals surface area contributed by atoms with Crippen molar-refractivity contribution >= 4 is 22.0 Å². The zero-order valence-electron chi connectivity index (χ0n) is 11.3. The second-order valence-corrected chi connectivity index (χ2v) is 4.97. The first-order valence-electron chi connectivity index (χ1n) is 6.00. The first-order valence-corrected chi connectivity index (χ1v) is 6.80. The molecular weight excluding hydrogens is 382 g/mol. The van der Waals surface area contributed by atoms with Gasteiger partial charge in [0.25, 0.3) is 6.08 Å². The molecular formula is C11H9BrF2N6O3. The van der Waals surface area contributed by atoms with Crippen molar-refractivity contribution in [1.82, 2.24) is 29.6 Å². The van der Waals surface area contributed by atoms with E-state index in [-0.39, 0.29) is 5.82 Å². The summed E-state index contributed by atoms with van der Waals surface area (Å²) >= 11 is 3.09. The minimum absolute atomic E-state index is 0.166. The SMILES string of the molecule is O=C(O)NCC(Cn1ncn(-c2cnc(Br)cn2)c1=O)=C(F)F. The molecule has 12 heteroatoms. The van der Waals surface area contributed by atoms with Gasteiger partial charge in [0.05, 0.1) is 18.9 Å². The molecule has 0 bridgehead atoms. The number of nitrogens with zero attached hydrogens (tertiary/aromatic N) is 5. The molecule has 0 aliphatic heterocycles. The van der Waals surface area contributed by atoms with Gasteiger partial charge < -0.3 is 10.4 Å². The summed E-state index contributed by atoms with van der Waals surface area (Å²) in [6.45, 7) is -1.17. The van der Waals surface area contributed by atoms with E-state index < -0.39 is 36.5 Å². The number of nitrogens with one attached hydrogen (secondary N) is 1. The zero-order chi connectivity index (χ0) is 17.0. The summed E-state index contributed by atoms with van der Waals surface area (Å²) in [4.78, 5) is 30.3. The van der Waals surface area contributed by atoms with Crippen LogP contribution in [0.4, 0.5) is 13.6 Å². The van der Waals surface area contributed by atoms with Crippen LogP contribution in [0.25, 0.3) is 5.82 Å². The van der Waals surface area contributed by atoms with Gasteiger partial charge in [-0.25, -0.2) is 28.8 Å². The highest BCUT2D eigenvalue weighted by molar-refractivity contribution is 9.10. The van der Waals surface area contributed by atoms with Gasteiger partial charge in [-0.3, -0.25) is 0 Å². The van der Waals surface area contributed by atoms with Crippen LogP contribution in [-0.2, 0) is 6.54 Å². The van der Waals surface area contributed by atoms with Crippen molar-refractivity contribution in [2.45, 2.75) is 6.54 Å². The molecule has 0 saturated carbocycles. The van der Waals surface area contributed by atoms with Crippen LogP contribution >= 0.6 is 15.9 Å². The second-order valence-electron chi connectivity index (χ2n) is 4.16. The third-order valence-electron chi connectivity index (χ3n) is 2.65. The maximum atomic E-state index is 12.8. The van der Waals surface area contributed by atoms with E-state index in [1.54, 1.807) is 0 Å². The Labute approximate surface area is 135 Å². The van der Waals surface area contributed by atoms with Crippen LogP contribution in [0.2, 0.25) is 0 Å². The summed E-state index contributed by atoms with van der Waals surface area (Å²) in [5, 5.41) is 14.0. The summed E-state index contributed by atoms with van der Waals surface area (Å²) in [5.41, 5.74) is -1.28. The smallest absolute Gasteiger partial charge is 0.404 e. The van der Waals surface area contributed by atoms with Gasteiger partial charge in [-0.2, -0.15) is 13.9 Å². The fourth-order valence-corrected chi connectivity index (χ4v) is 1.78. The van der Waals surface area contributed by atoms with Gasteiger partial charge in [-0.1, -0.05) is 0 Å². The number of hydrogen-bond acceptors (Lipinski definition) is 5. The summed E-state index contributed by atoms with van der Waals surface area (Å²) in [6, 6.07) is 0. The van der Waals surface area contributed by atoms with Crippen molar-refractivity contribution < 1.29 is 18.7 Å². The first-order chi connectivity index (χ1) is 10.9. The Morgan fingerprint density at radius 2 is 2.09 bits per heavy atom. The van der Waals surface area contributed by atoms with E-state index in [0.29, 0.717) is 4.60 Å². The molecule has 122 valence electrons. The summed E-state index contributed by atoms with van der Waals surface area (Å²) in [7, 11) is 0. The average Bonchev–Trinajstić information content (AvgIpc) is 2.85. The van der Waals surface area contributed by atoms with Crippen LogP contribution in [0.3, 0.4) is 0 Å². The molecule has 0 spiro atoms. The van der Waals surface area contributed by atoms with Crippen LogP contribution in [0, 0.1) is 0 Å². The number of carbonyl (C=O) groups is 1. The third kappa shape index (κ3) is 4.18. The van der Waals surface area contributed by atoms with Gasteiger partial charge in [-0.05, 0) is 15.9 Å². The average molecular weight is 391 g/mol. The number of carboxylic acid groups (broad SMARTS) is 1. The molecule has 0 unspecified atom stereocenters. The molecule has 0 atom stereocenters. The zero-order valence-corrected chi connectivity index (χ0v) is 12.9. The largest absolute Gasteiger partial charge is 0.465 e. The van der Waals surface area contributed by atoms with Gasteiger partial charge in [-0.15, -0.1) is 0 Å². The van der Waals surface area contributed by atoms with Gasteiger partial charge in [0.15, 0.2) is 5.82 Å². The van der Waals surface area contributed by atoms with Crippen molar-refractivity contribution in [3.63, 3.8) is 0 Å². The van der Waals surface area contributed by atoms with E-state index in [1.807, 2.05) is 5.32 Å². The number of rotatable bonds is 5. The number of hydrogen-bond donors (Lipinski definition) is 2. The van der Waals surface area contributed by atoms with Crippen molar-refractivity contribution in [2.75, 3.05) is 6.54 Å². The highest BCUT2D eigenvalue weighted by atomic mass is 79.9. The third-order valence-corrected chi connectivity index (χ3v) is 3.06. The highest BCUT2D eigenvalue weighted by Gasteiger charge is 2.14. The van der Waals surface area contributed by atoms with E-state index in [2.05, 4.69) is 31.0 Å². The quantitative estimate of drug-likeness (QED) is 0.786. The minimum atomic E-state index is -2.08. The Morgan fingerprint density at radius 3 is 2.65 bits per heavy atom. The Kier molecular flexibility index (Phi) is 5.16. The Morgan fingerprint density at radius 1 is 1.35 bits per heavy atom. The van der Waals surface area contributed by atoms with E-state index in [9.17, 15) is 18.4 Å². The van der Waals surface area contributed by atoms with Gasteiger partial charge in [0, 0.05) is 12.1 Å². The topological polar surface area (TPSA) is 115 Å². The molecule has 0 aliphatic rings. The molecule has 0 aliphatic carbocycles. The molecule has 2 heterocycles. The van der Waals surface area contributed by atoms with Crippen LogP contribution in [-0.4, -0.2) is 42.1 Å². The molecule has 23 heavy (non-hydrogen) atoms. The molecule has 0 fully saturated rings. The maximum Gasteiger partial charge on any atom is 0.404 e. The molecule has 0 radical (unpaired) electrons. The standard InChI is InChI=1S/C11H9BrF2N6O3/c12-7-2-16-8(3-15-7)19-5-18-20(11(19)23)4-6(9(13)14)1-17-10(21)22/h2-3,5,17H,1,4H2,(H,21,22). The Bertz CT molecular complexity index is 797. The first kappa shape index (κ1) is 16.7. The van der Waals surface area contributed by atoms with E-state index in [1.165, 1.54) is 12.4 Å². The lowest BCUT2D eigenvalue weighted by Gasteiger charge is -2.05. The van der Waals surface area contributed by atoms with Gasteiger partial charge >= 0.3 is 11.8 Å². The van der Waals surface area contributed by atoms with Crippen LogP contribution < -0.4 is 11.0 Å². The highest BCUT2D eigenvalue weighted by Crippen LogP contribution is 2.09. The lowest BCUT2D eigenvalue weighted by Crippen LogP contribution is -2.29. The number of aromatic nitrogens is 5. The number of amides is 1. The van der Waals surface area contributed by atoms with Crippen molar-refractivity contribution in [1.29, 1.82) is 0 Å². The lowest BCUT2D eigenvalue weighted by molar-refractivity contribution is 0.195. The molecule has 2 aromatic heterocycles. The van der Waals surface area contributed by atoms with Crippen LogP contribution in [0.5, 0.6) is 0 Å². The molecule has 2 rings (SSSR count). The second kappa shape index (κ2) is 7.09. The Hall–Kier alpha value is -2.63. The summed E-state index contributed by atoms with van der Waals surface area (Å²) < 4.78 is 27.9. The fraction of sp³-hybridized carbons (Fsp3) is 0.182. The minimum Gasteiger partial charge on any atom is -0.465 e. The normalized spacial score (nSPS) is 10.4. The number of halogens is 3. The molecule has 1 amide bonds. The van der Waals surface area contributed by atoms with E-state index in [0.717, 1.165) is 15.6 Å². The van der Waals surface area contributed by atoms with E-state index in [4.69, 9.17) is 5.11 Å². The molecule has 2 N–H and O–H groups in total. The predicted octanol–water partition coefficient (Wildman–Crippen LogP) is 1.00. The van der Waals surface area contributed by atoms with Gasteiger partial charge in [0.2, 0.25) is 0 Å². The summed E-state index contributed by atoms with van der Waals surface area (Å²) in [6.07, 6.45) is 0.243. The van der Waals surface area contributed by atoms with Crippen molar-refractivity contribution in [2.24, 2.45) is 0 Å². The van der Waals surface area contributed by atoms with Crippen LogP contribution in [0.15, 0.2) is 39.8 Å². The summed E-state index contributed by atoms with van der Waals surface area (Å²) in [5.74, 6) is 0.166. The maximum absolute atomic E-state index is 12.8. The van der Waals surface area contributed by atoms with E-state index >= 15 is 0 Å².